The quantitative estimate of drug-likeness (QED) is 0.665. The van der Waals surface area contributed by atoms with Crippen LogP contribution in [0.4, 0.5) is 5.69 Å². The molecule has 0 heterocycles. The lowest BCUT2D eigenvalue weighted by Gasteiger charge is -2.15. The minimum absolute atomic E-state index is 0.280. The van der Waals surface area contributed by atoms with E-state index in [0.717, 1.165) is 11.3 Å². The first-order chi connectivity index (χ1) is 13.5. The van der Waals surface area contributed by atoms with Crippen LogP contribution >= 0.6 is 0 Å². The normalized spacial score (nSPS) is 11.4. The molecule has 0 radical (unpaired) electrons. The van der Waals surface area contributed by atoms with Gasteiger partial charge in [0.2, 0.25) is 5.91 Å². The van der Waals surface area contributed by atoms with E-state index in [1.807, 2.05) is 49.4 Å². The third-order valence-electron chi connectivity index (χ3n) is 4.12. The van der Waals surface area contributed by atoms with Crippen LogP contribution in [0, 0.1) is 6.92 Å². The Labute approximate surface area is 164 Å². The summed E-state index contributed by atoms with van der Waals surface area (Å²) in [5.74, 6) is 0.840. The van der Waals surface area contributed by atoms with Gasteiger partial charge in [0.15, 0.2) is 0 Å². The molecule has 2 N–H and O–H groups in total. The van der Waals surface area contributed by atoms with Crippen LogP contribution in [0.25, 0.3) is 0 Å². The van der Waals surface area contributed by atoms with E-state index in [-0.39, 0.29) is 11.8 Å². The number of anilines is 1. The highest BCUT2D eigenvalue weighted by Crippen LogP contribution is 2.22. The van der Waals surface area contributed by atoms with Crippen LogP contribution in [0.5, 0.6) is 11.5 Å². The molecular weight excluding hydrogens is 352 g/mol. The fourth-order valence-electron chi connectivity index (χ4n) is 2.61. The molecule has 0 aliphatic heterocycles. The predicted molar refractivity (Wildman–Crippen MR) is 110 cm³/mol. The topological polar surface area (TPSA) is 67.4 Å². The molecule has 0 aliphatic carbocycles. The van der Waals surface area contributed by atoms with Crippen LogP contribution in [-0.2, 0) is 4.79 Å². The lowest BCUT2D eigenvalue weighted by atomic mass is 10.1. The van der Waals surface area contributed by atoms with Crippen LogP contribution in [0.2, 0.25) is 0 Å². The zero-order valence-corrected chi connectivity index (χ0v) is 15.8. The molecule has 0 spiro atoms. The second-order valence-electron chi connectivity index (χ2n) is 6.49. The summed E-state index contributed by atoms with van der Waals surface area (Å²) >= 11 is 0. The second-order valence-corrected chi connectivity index (χ2v) is 6.49. The fraction of sp³-hybridized carbons (Fsp3) is 0.130. The van der Waals surface area contributed by atoms with Crippen molar-refractivity contribution in [1.29, 1.82) is 0 Å². The van der Waals surface area contributed by atoms with Crippen molar-refractivity contribution in [2.24, 2.45) is 0 Å². The molecule has 0 unspecified atom stereocenters. The highest BCUT2D eigenvalue weighted by Gasteiger charge is 2.17. The number of para-hydroxylation sites is 1. The van der Waals surface area contributed by atoms with Gasteiger partial charge in [-0.3, -0.25) is 9.59 Å². The van der Waals surface area contributed by atoms with Crippen molar-refractivity contribution in [3.05, 3.63) is 90.0 Å². The van der Waals surface area contributed by atoms with E-state index in [2.05, 4.69) is 10.6 Å². The van der Waals surface area contributed by atoms with Gasteiger partial charge in [0, 0.05) is 11.3 Å². The zero-order chi connectivity index (χ0) is 19.9. The van der Waals surface area contributed by atoms with E-state index in [4.69, 9.17) is 4.74 Å². The number of ether oxygens (including phenoxy) is 1. The van der Waals surface area contributed by atoms with Crippen molar-refractivity contribution < 1.29 is 14.3 Å². The van der Waals surface area contributed by atoms with Gasteiger partial charge in [0.1, 0.15) is 17.5 Å². The maximum Gasteiger partial charge on any atom is 0.251 e. The van der Waals surface area contributed by atoms with Crippen molar-refractivity contribution >= 4 is 17.5 Å². The Morgan fingerprint density at radius 2 is 1.54 bits per heavy atom. The molecule has 1 atom stereocenters. The third kappa shape index (κ3) is 5.20. The van der Waals surface area contributed by atoms with E-state index >= 15 is 0 Å². The van der Waals surface area contributed by atoms with E-state index in [1.54, 1.807) is 43.3 Å². The average Bonchev–Trinajstić information content (AvgIpc) is 2.70. The molecular formula is C23H22N2O3. The fourth-order valence-corrected chi connectivity index (χ4v) is 2.61. The summed E-state index contributed by atoms with van der Waals surface area (Å²) in [5, 5.41) is 5.50. The number of hydrogen-bond acceptors (Lipinski definition) is 3. The Kier molecular flexibility index (Phi) is 6.07. The molecule has 0 aromatic heterocycles. The first-order valence-electron chi connectivity index (χ1n) is 9.02. The Balaban J connectivity index is 1.55. The van der Waals surface area contributed by atoms with Gasteiger partial charge < -0.3 is 15.4 Å². The van der Waals surface area contributed by atoms with Crippen LogP contribution in [0.1, 0.15) is 22.8 Å². The summed E-state index contributed by atoms with van der Waals surface area (Å²) in [6, 6.07) is 23.1. The van der Waals surface area contributed by atoms with Gasteiger partial charge >= 0.3 is 0 Å². The SMILES string of the molecule is Cc1cccc(C(=O)N[C@H](C)C(=O)Nc2ccc(Oc3ccccc3)cc2)c1. The van der Waals surface area contributed by atoms with Gasteiger partial charge in [-0.25, -0.2) is 0 Å². The van der Waals surface area contributed by atoms with Gasteiger partial charge in [-0.1, -0.05) is 35.9 Å². The Morgan fingerprint density at radius 3 is 2.21 bits per heavy atom. The molecule has 2 amide bonds. The summed E-state index contributed by atoms with van der Waals surface area (Å²) in [7, 11) is 0. The van der Waals surface area contributed by atoms with E-state index in [0.29, 0.717) is 17.0 Å². The van der Waals surface area contributed by atoms with Crippen molar-refractivity contribution in [1.82, 2.24) is 5.32 Å². The first-order valence-corrected chi connectivity index (χ1v) is 9.02. The molecule has 5 nitrogen and oxygen atoms in total. The average molecular weight is 374 g/mol. The first kappa shape index (κ1) is 19.2. The van der Waals surface area contributed by atoms with Crippen molar-refractivity contribution in [3.63, 3.8) is 0 Å². The van der Waals surface area contributed by atoms with Gasteiger partial charge in [-0.2, -0.15) is 0 Å². The Bertz CT molecular complexity index is 953. The third-order valence-corrected chi connectivity index (χ3v) is 4.12. The lowest BCUT2D eigenvalue weighted by molar-refractivity contribution is -0.117. The highest BCUT2D eigenvalue weighted by molar-refractivity contribution is 6.01. The van der Waals surface area contributed by atoms with Crippen LogP contribution in [-0.4, -0.2) is 17.9 Å². The number of nitrogens with one attached hydrogen (secondary N) is 2. The standard InChI is InChI=1S/C23H22N2O3/c1-16-7-6-8-18(15-16)23(27)24-17(2)22(26)25-19-11-13-21(14-12-19)28-20-9-4-3-5-10-20/h3-15,17H,1-2H3,(H,24,27)(H,25,26)/t17-/m1/s1. The number of hydrogen-bond donors (Lipinski definition) is 2. The number of carbonyl (C=O) groups is 2. The highest BCUT2D eigenvalue weighted by atomic mass is 16.5. The molecule has 0 aliphatic rings. The molecule has 142 valence electrons. The molecule has 3 aromatic rings. The molecule has 0 fully saturated rings. The number of rotatable bonds is 6. The molecule has 28 heavy (non-hydrogen) atoms. The number of carbonyl (C=O) groups excluding carboxylic acids is 2. The second kappa shape index (κ2) is 8.86. The minimum atomic E-state index is -0.673. The number of amides is 2. The minimum Gasteiger partial charge on any atom is -0.457 e. The summed E-state index contributed by atoms with van der Waals surface area (Å²) < 4.78 is 5.73. The molecule has 3 aromatic carbocycles. The largest absolute Gasteiger partial charge is 0.457 e. The van der Waals surface area contributed by atoms with Crippen LogP contribution in [0.15, 0.2) is 78.9 Å². The van der Waals surface area contributed by atoms with Crippen LogP contribution < -0.4 is 15.4 Å². The van der Waals surface area contributed by atoms with E-state index < -0.39 is 6.04 Å². The van der Waals surface area contributed by atoms with Gasteiger partial charge in [0.05, 0.1) is 0 Å². The lowest BCUT2D eigenvalue weighted by Crippen LogP contribution is -2.41. The molecule has 5 heteroatoms. The van der Waals surface area contributed by atoms with Crippen LogP contribution in [0.3, 0.4) is 0 Å². The summed E-state index contributed by atoms with van der Waals surface area (Å²) in [6.07, 6.45) is 0. The maximum atomic E-state index is 12.4. The van der Waals surface area contributed by atoms with Gasteiger partial charge in [-0.05, 0) is 62.4 Å². The Hall–Kier alpha value is -3.60. The molecule has 3 rings (SSSR count). The summed E-state index contributed by atoms with van der Waals surface area (Å²) in [6.45, 7) is 3.56. The Morgan fingerprint density at radius 1 is 0.857 bits per heavy atom. The van der Waals surface area contributed by atoms with E-state index in [9.17, 15) is 9.59 Å². The van der Waals surface area contributed by atoms with Crippen molar-refractivity contribution in [3.8, 4) is 11.5 Å². The van der Waals surface area contributed by atoms with E-state index in [1.165, 1.54) is 0 Å². The maximum absolute atomic E-state index is 12.4. The summed E-state index contributed by atoms with van der Waals surface area (Å²) in [5.41, 5.74) is 2.15. The molecule has 0 saturated carbocycles. The van der Waals surface area contributed by atoms with Crippen molar-refractivity contribution in [2.45, 2.75) is 19.9 Å². The predicted octanol–water partition coefficient (Wildman–Crippen LogP) is 4.54. The van der Waals surface area contributed by atoms with Gasteiger partial charge in [0.25, 0.3) is 5.91 Å². The van der Waals surface area contributed by atoms with Gasteiger partial charge in [-0.15, -0.1) is 0 Å². The molecule has 0 bridgehead atoms. The summed E-state index contributed by atoms with van der Waals surface area (Å²) in [4.78, 5) is 24.6. The molecule has 0 saturated heterocycles. The zero-order valence-electron chi connectivity index (χ0n) is 15.8. The number of aryl methyl sites for hydroxylation is 1. The van der Waals surface area contributed by atoms with Crippen molar-refractivity contribution in [2.75, 3.05) is 5.32 Å². The smallest absolute Gasteiger partial charge is 0.251 e. The monoisotopic (exact) mass is 374 g/mol. The number of benzene rings is 3.